The number of nitrogens with zero attached hydrogens (tertiary/aromatic N) is 1. The van der Waals surface area contributed by atoms with Crippen molar-refractivity contribution in [1.29, 1.82) is 0 Å². The second kappa shape index (κ2) is 14.8. The Labute approximate surface area is 287 Å². The summed E-state index contributed by atoms with van der Waals surface area (Å²) in [4.78, 5) is 27.3. The number of benzene rings is 5. The second-order valence-electron chi connectivity index (χ2n) is 12.2. The van der Waals surface area contributed by atoms with Crippen molar-refractivity contribution in [3.8, 4) is 28.4 Å². The van der Waals surface area contributed by atoms with Gasteiger partial charge in [0.15, 0.2) is 0 Å². The highest BCUT2D eigenvalue weighted by Crippen LogP contribution is 2.34. The molecule has 0 bridgehead atoms. The van der Waals surface area contributed by atoms with E-state index in [4.69, 9.17) is 9.47 Å². The van der Waals surface area contributed by atoms with Crippen molar-refractivity contribution < 1.29 is 37.3 Å². The number of hydrogen-bond donors (Lipinski definition) is 2. The minimum atomic E-state index is -4.66. The molecule has 1 aliphatic rings. The number of likely N-dealkylation sites (tertiary alicyclic amines) is 1. The number of aromatic hydroxyl groups is 1. The van der Waals surface area contributed by atoms with Crippen LogP contribution in [0.25, 0.3) is 11.1 Å². The first kappa shape index (κ1) is 34.1. The van der Waals surface area contributed by atoms with Crippen molar-refractivity contribution in [2.24, 2.45) is 0 Å². The van der Waals surface area contributed by atoms with E-state index in [1.165, 1.54) is 0 Å². The van der Waals surface area contributed by atoms with Gasteiger partial charge >= 0.3 is 6.18 Å². The molecule has 6 rings (SSSR count). The molecule has 0 atom stereocenters. The Morgan fingerprint density at radius 2 is 1.36 bits per heavy atom. The minimum Gasteiger partial charge on any atom is -0.508 e. The van der Waals surface area contributed by atoms with Crippen LogP contribution in [0.3, 0.4) is 0 Å². The molecule has 2 N–H and O–H groups in total. The van der Waals surface area contributed by atoms with E-state index in [1.807, 2.05) is 84.6 Å². The highest BCUT2D eigenvalue weighted by atomic mass is 19.4. The Balaban J connectivity index is 0.960. The predicted octanol–water partition coefficient (Wildman–Crippen LogP) is 8.90. The van der Waals surface area contributed by atoms with Crippen molar-refractivity contribution in [2.45, 2.75) is 38.7 Å². The third-order valence-electron chi connectivity index (χ3n) is 8.50. The number of carbonyl (C=O) groups is 2. The van der Waals surface area contributed by atoms with Crippen molar-refractivity contribution in [3.05, 3.63) is 143 Å². The van der Waals surface area contributed by atoms with Crippen LogP contribution in [0, 0.1) is 6.92 Å². The molecule has 0 spiro atoms. The van der Waals surface area contributed by atoms with Gasteiger partial charge in [0, 0.05) is 48.8 Å². The number of piperidine rings is 1. The van der Waals surface area contributed by atoms with Gasteiger partial charge in [-0.1, -0.05) is 54.1 Å². The van der Waals surface area contributed by atoms with Gasteiger partial charge in [-0.15, -0.1) is 0 Å². The molecule has 0 aliphatic carbocycles. The molecule has 2 amide bonds. The standard InChI is InChI=1S/C40H35F3N2O5/c1-26-2-6-31(7-3-26)39(48)45-20-18-37(19-21-45)50-36-14-4-27(5-15-36)25-49-35-16-12-29(13-17-35)28-8-10-30(11-9-28)38(47)44-33-22-32(40(41,42)43)23-34(46)24-33/h2-17,22-24,37,46H,18-21,25H2,1H3,(H,44,47). The SMILES string of the molecule is Cc1ccc(C(=O)N2CCC(Oc3ccc(COc4ccc(-c5ccc(C(=O)Nc6cc(O)cc(C(F)(F)F)c6)cc5)cc4)cc3)CC2)cc1. The Hall–Kier alpha value is -5.77. The Morgan fingerprint density at radius 3 is 1.98 bits per heavy atom. The lowest BCUT2D eigenvalue weighted by atomic mass is 10.0. The molecule has 1 aliphatic heterocycles. The fourth-order valence-electron chi connectivity index (χ4n) is 5.69. The minimum absolute atomic E-state index is 0.0471. The fourth-order valence-corrected chi connectivity index (χ4v) is 5.69. The molecule has 0 radical (unpaired) electrons. The monoisotopic (exact) mass is 680 g/mol. The number of ether oxygens (including phenoxy) is 2. The topological polar surface area (TPSA) is 88.1 Å². The van der Waals surface area contributed by atoms with E-state index in [0.29, 0.717) is 37.1 Å². The highest BCUT2D eigenvalue weighted by molar-refractivity contribution is 6.04. The van der Waals surface area contributed by atoms with Gasteiger partial charge in [-0.2, -0.15) is 13.2 Å². The number of phenolic OH excluding ortho intramolecular Hbond substituents is 1. The van der Waals surface area contributed by atoms with Crippen LogP contribution in [0.15, 0.2) is 115 Å². The summed E-state index contributed by atoms with van der Waals surface area (Å²) < 4.78 is 51.4. The first-order valence-corrected chi connectivity index (χ1v) is 16.2. The molecule has 1 heterocycles. The number of amides is 2. The van der Waals surface area contributed by atoms with E-state index in [-0.39, 0.29) is 23.3 Å². The van der Waals surface area contributed by atoms with Crippen LogP contribution in [0.4, 0.5) is 18.9 Å². The van der Waals surface area contributed by atoms with Crippen LogP contribution in [-0.4, -0.2) is 41.0 Å². The quantitative estimate of drug-likeness (QED) is 0.162. The fraction of sp³-hybridized carbons (Fsp3) is 0.200. The number of hydrogen-bond acceptors (Lipinski definition) is 5. The van der Waals surface area contributed by atoms with Gasteiger partial charge < -0.3 is 24.8 Å². The smallest absolute Gasteiger partial charge is 0.416 e. The number of halogens is 3. The Kier molecular flexibility index (Phi) is 10.1. The largest absolute Gasteiger partial charge is 0.508 e. The summed E-state index contributed by atoms with van der Waals surface area (Å²) >= 11 is 0. The molecule has 256 valence electrons. The van der Waals surface area contributed by atoms with Crippen molar-refractivity contribution in [3.63, 3.8) is 0 Å². The Bertz CT molecular complexity index is 1930. The summed E-state index contributed by atoms with van der Waals surface area (Å²) in [6.07, 6.45) is -3.07. The number of carbonyl (C=O) groups excluding carboxylic acids is 2. The zero-order valence-corrected chi connectivity index (χ0v) is 27.2. The molecular formula is C40H35F3N2O5. The molecule has 10 heteroatoms. The van der Waals surface area contributed by atoms with Gasteiger partial charge in [0.1, 0.15) is 30.0 Å². The average Bonchev–Trinajstić information content (AvgIpc) is 3.11. The number of rotatable bonds is 9. The van der Waals surface area contributed by atoms with Crippen LogP contribution >= 0.6 is 0 Å². The molecule has 0 saturated carbocycles. The lowest BCUT2D eigenvalue weighted by Crippen LogP contribution is -2.41. The number of aryl methyl sites for hydroxylation is 1. The third kappa shape index (κ3) is 8.63. The first-order chi connectivity index (χ1) is 24.0. The average molecular weight is 681 g/mol. The number of phenols is 1. The molecule has 5 aromatic rings. The van der Waals surface area contributed by atoms with E-state index in [1.54, 1.807) is 24.3 Å². The maximum Gasteiger partial charge on any atom is 0.416 e. The van der Waals surface area contributed by atoms with Crippen LogP contribution in [-0.2, 0) is 12.8 Å². The molecular weight excluding hydrogens is 645 g/mol. The zero-order valence-electron chi connectivity index (χ0n) is 27.2. The van der Waals surface area contributed by atoms with Gasteiger partial charge in [0.05, 0.1) is 5.56 Å². The molecule has 1 saturated heterocycles. The van der Waals surface area contributed by atoms with Crippen LogP contribution < -0.4 is 14.8 Å². The lowest BCUT2D eigenvalue weighted by Gasteiger charge is -2.32. The normalized spacial score (nSPS) is 13.5. The first-order valence-electron chi connectivity index (χ1n) is 16.2. The van der Waals surface area contributed by atoms with Crippen LogP contribution in [0.5, 0.6) is 17.2 Å². The Morgan fingerprint density at radius 1 is 0.780 bits per heavy atom. The third-order valence-corrected chi connectivity index (χ3v) is 8.50. The molecule has 0 aromatic heterocycles. The molecule has 5 aromatic carbocycles. The summed E-state index contributed by atoms with van der Waals surface area (Å²) in [7, 11) is 0. The summed E-state index contributed by atoms with van der Waals surface area (Å²) in [5.74, 6) is 0.314. The highest BCUT2D eigenvalue weighted by Gasteiger charge is 2.31. The van der Waals surface area contributed by atoms with Crippen LogP contribution in [0.2, 0.25) is 0 Å². The lowest BCUT2D eigenvalue weighted by molar-refractivity contribution is -0.137. The molecule has 50 heavy (non-hydrogen) atoms. The summed E-state index contributed by atoms with van der Waals surface area (Å²) in [6, 6.07) is 32.0. The van der Waals surface area contributed by atoms with Gasteiger partial charge in [-0.05, 0) is 84.3 Å². The van der Waals surface area contributed by atoms with Gasteiger partial charge in [-0.3, -0.25) is 9.59 Å². The molecule has 0 unspecified atom stereocenters. The van der Waals surface area contributed by atoms with Crippen molar-refractivity contribution >= 4 is 17.5 Å². The zero-order chi connectivity index (χ0) is 35.3. The predicted molar refractivity (Wildman–Crippen MR) is 184 cm³/mol. The number of nitrogens with one attached hydrogen (secondary N) is 1. The maximum atomic E-state index is 13.1. The van der Waals surface area contributed by atoms with E-state index in [9.17, 15) is 27.9 Å². The van der Waals surface area contributed by atoms with Crippen molar-refractivity contribution in [1.82, 2.24) is 4.90 Å². The second-order valence-corrected chi connectivity index (χ2v) is 12.2. The van der Waals surface area contributed by atoms with Crippen LogP contribution in [0.1, 0.15) is 50.2 Å². The number of anilines is 1. The van der Waals surface area contributed by atoms with E-state index < -0.39 is 23.4 Å². The van der Waals surface area contributed by atoms with E-state index >= 15 is 0 Å². The molecule has 7 nitrogen and oxygen atoms in total. The summed E-state index contributed by atoms with van der Waals surface area (Å²) in [5, 5.41) is 12.1. The van der Waals surface area contributed by atoms with Gasteiger partial charge in [0.25, 0.3) is 11.8 Å². The van der Waals surface area contributed by atoms with E-state index in [0.717, 1.165) is 53.0 Å². The summed E-state index contributed by atoms with van der Waals surface area (Å²) in [5.41, 5.74) is 3.57. The van der Waals surface area contributed by atoms with Gasteiger partial charge in [0.2, 0.25) is 0 Å². The maximum absolute atomic E-state index is 13.1. The molecule has 1 fully saturated rings. The van der Waals surface area contributed by atoms with Crippen molar-refractivity contribution in [2.75, 3.05) is 18.4 Å². The van der Waals surface area contributed by atoms with Gasteiger partial charge in [-0.25, -0.2) is 0 Å². The van der Waals surface area contributed by atoms with E-state index in [2.05, 4.69) is 5.32 Å². The summed E-state index contributed by atoms with van der Waals surface area (Å²) in [6.45, 7) is 3.68. The number of alkyl halides is 3.